The molecule has 4 nitrogen and oxygen atoms in total. The zero-order valence-corrected chi connectivity index (χ0v) is 13.5. The van der Waals surface area contributed by atoms with Crippen LogP contribution < -0.4 is 0 Å². The molecule has 0 bridgehead atoms. The monoisotopic (exact) mass is 347 g/mol. The molecule has 0 aromatic heterocycles. The average molecular weight is 348 g/mol. The second kappa shape index (κ2) is 5.91. The summed E-state index contributed by atoms with van der Waals surface area (Å²) in [6.45, 7) is 3.65. The van der Waals surface area contributed by atoms with Crippen LogP contribution in [-0.2, 0) is 14.8 Å². The Labute approximate surface area is 122 Å². The number of nitrogens with zero attached hydrogens (tertiary/aromatic N) is 1. The van der Waals surface area contributed by atoms with Crippen molar-refractivity contribution >= 4 is 26.0 Å². The number of rotatable bonds is 4. The van der Waals surface area contributed by atoms with Crippen LogP contribution in [0.1, 0.15) is 12.0 Å². The number of ether oxygens (including phenoxy) is 1. The van der Waals surface area contributed by atoms with Crippen LogP contribution in [0.3, 0.4) is 0 Å². The minimum Gasteiger partial charge on any atom is -0.384 e. The van der Waals surface area contributed by atoms with Gasteiger partial charge in [0.05, 0.1) is 11.5 Å². The summed E-state index contributed by atoms with van der Waals surface area (Å²) in [5.74, 6) is 0.295. The molecule has 1 unspecified atom stereocenters. The highest BCUT2D eigenvalue weighted by Gasteiger charge is 2.33. The number of aryl methyl sites for hydroxylation is 1. The molecule has 1 aliphatic rings. The number of halogens is 1. The highest BCUT2D eigenvalue weighted by atomic mass is 79.9. The fourth-order valence-electron chi connectivity index (χ4n) is 2.34. The quantitative estimate of drug-likeness (QED) is 0.840. The van der Waals surface area contributed by atoms with E-state index in [1.807, 2.05) is 19.1 Å². The second-order valence-corrected chi connectivity index (χ2v) is 7.67. The van der Waals surface area contributed by atoms with Gasteiger partial charge < -0.3 is 4.74 Å². The predicted molar refractivity (Wildman–Crippen MR) is 77.6 cm³/mol. The van der Waals surface area contributed by atoms with Gasteiger partial charge in [-0.1, -0.05) is 6.07 Å². The van der Waals surface area contributed by atoms with E-state index in [1.54, 1.807) is 17.5 Å². The molecule has 106 valence electrons. The molecular formula is C13H18BrNO3S. The number of benzene rings is 1. The summed E-state index contributed by atoms with van der Waals surface area (Å²) in [5.41, 5.74) is 1.03. The number of sulfonamides is 1. The second-order valence-electron chi connectivity index (χ2n) is 4.91. The van der Waals surface area contributed by atoms with E-state index in [9.17, 15) is 8.42 Å². The highest BCUT2D eigenvalue weighted by molar-refractivity contribution is 9.10. The molecule has 1 aromatic rings. The molecular weight excluding hydrogens is 330 g/mol. The van der Waals surface area contributed by atoms with E-state index >= 15 is 0 Å². The Morgan fingerprint density at radius 1 is 1.47 bits per heavy atom. The van der Waals surface area contributed by atoms with Crippen molar-refractivity contribution in [1.82, 2.24) is 4.31 Å². The Hall–Kier alpha value is -0.430. The third-order valence-electron chi connectivity index (χ3n) is 3.36. The first kappa shape index (κ1) is 15.0. The zero-order chi connectivity index (χ0) is 14.0. The third kappa shape index (κ3) is 3.18. The minimum atomic E-state index is -3.41. The number of hydrogen-bond acceptors (Lipinski definition) is 3. The van der Waals surface area contributed by atoms with Gasteiger partial charge >= 0.3 is 0 Å². The maximum Gasteiger partial charge on any atom is 0.244 e. The van der Waals surface area contributed by atoms with E-state index < -0.39 is 10.0 Å². The Kier molecular flexibility index (Phi) is 4.66. The van der Waals surface area contributed by atoms with Crippen LogP contribution >= 0.6 is 15.9 Å². The summed E-state index contributed by atoms with van der Waals surface area (Å²) in [6.07, 6.45) is 0.858. The van der Waals surface area contributed by atoms with Gasteiger partial charge in [-0.05, 0) is 52.9 Å². The molecule has 1 atom stereocenters. The first-order valence-corrected chi connectivity index (χ1v) is 8.43. The van der Waals surface area contributed by atoms with Gasteiger partial charge in [0.1, 0.15) is 0 Å². The molecule has 1 saturated heterocycles. The maximum absolute atomic E-state index is 12.6. The topological polar surface area (TPSA) is 46.6 Å². The highest BCUT2D eigenvalue weighted by Crippen LogP contribution is 2.29. The van der Waals surface area contributed by atoms with Gasteiger partial charge in [-0.25, -0.2) is 8.42 Å². The molecule has 1 aromatic carbocycles. The SMILES string of the molecule is COCC1CCN(S(=O)(=O)c2ccc(C)cc2Br)C1. The normalized spacial score (nSPS) is 20.9. The first-order valence-electron chi connectivity index (χ1n) is 6.20. The van der Waals surface area contributed by atoms with E-state index in [0.29, 0.717) is 35.0 Å². The molecule has 1 fully saturated rings. The third-order valence-corrected chi connectivity index (χ3v) is 6.20. The lowest BCUT2D eigenvalue weighted by atomic mass is 10.1. The standard InChI is InChI=1S/C13H18BrNO3S/c1-10-3-4-13(12(14)7-10)19(16,17)15-6-5-11(8-15)9-18-2/h3-4,7,11H,5-6,8-9H2,1-2H3. The molecule has 0 radical (unpaired) electrons. The van der Waals surface area contributed by atoms with Crippen molar-refractivity contribution in [3.63, 3.8) is 0 Å². The van der Waals surface area contributed by atoms with Crippen molar-refractivity contribution in [3.8, 4) is 0 Å². The summed E-state index contributed by atoms with van der Waals surface area (Å²) in [4.78, 5) is 0.344. The Morgan fingerprint density at radius 3 is 2.84 bits per heavy atom. The molecule has 0 aliphatic carbocycles. The van der Waals surface area contributed by atoms with Crippen molar-refractivity contribution in [2.75, 3.05) is 26.8 Å². The van der Waals surface area contributed by atoms with Gasteiger partial charge in [-0.2, -0.15) is 4.31 Å². The Morgan fingerprint density at radius 2 is 2.21 bits per heavy atom. The molecule has 0 N–H and O–H groups in total. The lowest BCUT2D eigenvalue weighted by Crippen LogP contribution is -2.29. The van der Waals surface area contributed by atoms with Crippen LogP contribution in [0.2, 0.25) is 0 Å². The number of methoxy groups -OCH3 is 1. The predicted octanol–water partition coefficient (Wildman–Crippen LogP) is 2.41. The van der Waals surface area contributed by atoms with Crippen LogP contribution in [0.5, 0.6) is 0 Å². The minimum absolute atomic E-state index is 0.295. The van der Waals surface area contributed by atoms with Crippen LogP contribution in [0, 0.1) is 12.8 Å². The van der Waals surface area contributed by atoms with E-state index in [2.05, 4.69) is 15.9 Å². The van der Waals surface area contributed by atoms with E-state index in [-0.39, 0.29) is 0 Å². The number of hydrogen-bond donors (Lipinski definition) is 0. The van der Waals surface area contributed by atoms with Crippen LogP contribution in [-0.4, -0.2) is 39.5 Å². The van der Waals surface area contributed by atoms with Gasteiger partial charge in [0, 0.05) is 24.7 Å². The fourth-order valence-corrected chi connectivity index (χ4v) is 5.02. The molecule has 6 heteroatoms. The molecule has 2 rings (SSSR count). The van der Waals surface area contributed by atoms with E-state index in [0.717, 1.165) is 12.0 Å². The summed E-state index contributed by atoms with van der Waals surface area (Å²) >= 11 is 3.35. The van der Waals surface area contributed by atoms with Crippen molar-refractivity contribution in [3.05, 3.63) is 28.2 Å². The van der Waals surface area contributed by atoms with Crippen LogP contribution in [0.4, 0.5) is 0 Å². The molecule has 1 heterocycles. The van der Waals surface area contributed by atoms with Crippen molar-refractivity contribution in [2.24, 2.45) is 5.92 Å². The molecule has 19 heavy (non-hydrogen) atoms. The lowest BCUT2D eigenvalue weighted by Gasteiger charge is -2.17. The summed E-state index contributed by atoms with van der Waals surface area (Å²) in [7, 11) is -1.76. The van der Waals surface area contributed by atoms with Crippen LogP contribution in [0.15, 0.2) is 27.6 Å². The Bertz CT molecular complexity index is 559. The Balaban J connectivity index is 2.23. The van der Waals surface area contributed by atoms with Crippen LogP contribution in [0.25, 0.3) is 0 Å². The first-order chi connectivity index (χ1) is 8.95. The summed E-state index contributed by atoms with van der Waals surface area (Å²) in [6, 6.07) is 5.31. The van der Waals surface area contributed by atoms with Crippen molar-refractivity contribution in [1.29, 1.82) is 0 Å². The van der Waals surface area contributed by atoms with Gasteiger partial charge in [0.15, 0.2) is 0 Å². The smallest absolute Gasteiger partial charge is 0.244 e. The van der Waals surface area contributed by atoms with Gasteiger partial charge in [-0.15, -0.1) is 0 Å². The van der Waals surface area contributed by atoms with Crippen molar-refractivity contribution in [2.45, 2.75) is 18.2 Å². The van der Waals surface area contributed by atoms with Gasteiger partial charge in [0.25, 0.3) is 0 Å². The summed E-state index contributed by atoms with van der Waals surface area (Å²) < 4.78 is 32.4. The van der Waals surface area contributed by atoms with E-state index in [4.69, 9.17) is 4.74 Å². The average Bonchev–Trinajstić information content (AvgIpc) is 2.78. The lowest BCUT2D eigenvalue weighted by molar-refractivity contribution is 0.157. The largest absolute Gasteiger partial charge is 0.384 e. The summed E-state index contributed by atoms with van der Waals surface area (Å²) in [5, 5.41) is 0. The molecule has 0 spiro atoms. The van der Waals surface area contributed by atoms with Gasteiger partial charge in [0.2, 0.25) is 10.0 Å². The van der Waals surface area contributed by atoms with Crippen molar-refractivity contribution < 1.29 is 13.2 Å². The van der Waals surface area contributed by atoms with Gasteiger partial charge in [-0.3, -0.25) is 0 Å². The molecule has 1 aliphatic heterocycles. The molecule has 0 amide bonds. The maximum atomic E-state index is 12.6. The zero-order valence-electron chi connectivity index (χ0n) is 11.1. The fraction of sp³-hybridized carbons (Fsp3) is 0.538. The molecule has 0 saturated carbocycles. The van der Waals surface area contributed by atoms with E-state index in [1.165, 1.54) is 0 Å².